The predicted molar refractivity (Wildman–Crippen MR) is 65.5 cm³/mol. The minimum absolute atomic E-state index is 0.126. The maximum Gasteiger partial charge on any atom is 0.321 e. The molecule has 98 valence electrons. The maximum absolute atomic E-state index is 13.5. The highest BCUT2D eigenvalue weighted by Gasteiger charge is 2.29. The van der Waals surface area contributed by atoms with Gasteiger partial charge in [0.1, 0.15) is 17.7 Å². The number of carboxylic acid groups (broad SMARTS) is 1. The Hall–Kier alpha value is -1.14. The average Bonchev–Trinajstić information content (AvgIpc) is 2.34. The number of nitrogens with zero attached hydrogens (tertiary/aromatic N) is 1. The van der Waals surface area contributed by atoms with Gasteiger partial charge in [-0.2, -0.15) is 11.8 Å². The van der Waals surface area contributed by atoms with E-state index in [1.165, 1.54) is 0 Å². The van der Waals surface area contributed by atoms with Crippen LogP contribution >= 0.6 is 11.8 Å². The zero-order valence-electron chi connectivity index (χ0n) is 9.60. The Kier molecular flexibility index (Phi) is 4.19. The molecule has 0 bridgehead atoms. The van der Waals surface area contributed by atoms with Crippen molar-refractivity contribution in [3.05, 3.63) is 35.4 Å². The van der Waals surface area contributed by atoms with Crippen molar-refractivity contribution in [2.24, 2.45) is 0 Å². The summed E-state index contributed by atoms with van der Waals surface area (Å²) in [6.07, 6.45) is 0. The number of halogens is 2. The van der Waals surface area contributed by atoms with Crippen LogP contribution < -0.4 is 0 Å². The van der Waals surface area contributed by atoms with Crippen LogP contribution in [-0.4, -0.2) is 40.1 Å². The van der Waals surface area contributed by atoms with Crippen molar-refractivity contribution in [3.8, 4) is 0 Å². The van der Waals surface area contributed by atoms with Crippen molar-refractivity contribution in [1.29, 1.82) is 0 Å². The van der Waals surface area contributed by atoms with Gasteiger partial charge in [0.2, 0.25) is 0 Å². The van der Waals surface area contributed by atoms with E-state index < -0.39 is 23.6 Å². The van der Waals surface area contributed by atoms with Gasteiger partial charge in [0.15, 0.2) is 0 Å². The SMILES string of the molecule is O=C(O)C1CSCCN1Cc1cc(F)ccc1F. The molecule has 0 amide bonds. The molecule has 0 aromatic heterocycles. The fourth-order valence-corrected chi connectivity index (χ4v) is 3.04. The van der Waals surface area contributed by atoms with Crippen molar-refractivity contribution in [3.63, 3.8) is 0 Å². The van der Waals surface area contributed by atoms with Gasteiger partial charge in [-0.15, -0.1) is 0 Å². The molecule has 1 fully saturated rings. The van der Waals surface area contributed by atoms with E-state index in [0.29, 0.717) is 12.3 Å². The van der Waals surface area contributed by atoms with E-state index in [4.69, 9.17) is 5.11 Å². The van der Waals surface area contributed by atoms with E-state index in [1.807, 2.05) is 0 Å². The summed E-state index contributed by atoms with van der Waals surface area (Å²) in [7, 11) is 0. The lowest BCUT2D eigenvalue weighted by Gasteiger charge is -2.32. The monoisotopic (exact) mass is 273 g/mol. The minimum Gasteiger partial charge on any atom is -0.480 e. The molecule has 0 radical (unpaired) electrons. The summed E-state index contributed by atoms with van der Waals surface area (Å²) in [5.41, 5.74) is 0.202. The maximum atomic E-state index is 13.5. The molecule has 1 aromatic carbocycles. The first-order valence-electron chi connectivity index (χ1n) is 5.56. The third-order valence-electron chi connectivity index (χ3n) is 2.91. The number of hydrogen-bond donors (Lipinski definition) is 1. The van der Waals surface area contributed by atoms with Gasteiger partial charge >= 0.3 is 5.97 Å². The van der Waals surface area contributed by atoms with Crippen LogP contribution in [0.25, 0.3) is 0 Å². The second-order valence-electron chi connectivity index (χ2n) is 4.14. The third-order valence-corrected chi connectivity index (χ3v) is 3.93. The lowest BCUT2D eigenvalue weighted by Crippen LogP contribution is -2.46. The largest absolute Gasteiger partial charge is 0.480 e. The van der Waals surface area contributed by atoms with E-state index in [0.717, 1.165) is 24.0 Å². The molecular weight excluding hydrogens is 260 g/mol. The molecule has 1 aliphatic rings. The molecule has 2 rings (SSSR count). The topological polar surface area (TPSA) is 40.5 Å². The van der Waals surface area contributed by atoms with Crippen LogP contribution in [-0.2, 0) is 11.3 Å². The highest BCUT2D eigenvalue weighted by Crippen LogP contribution is 2.20. The molecular formula is C12H13F2NO2S. The predicted octanol–water partition coefficient (Wildman–Crippen LogP) is 1.97. The summed E-state index contributed by atoms with van der Waals surface area (Å²) in [5.74, 6) is -0.644. The van der Waals surface area contributed by atoms with E-state index in [2.05, 4.69) is 0 Å². The second-order valence-corrected chi connectivity index (χ2v) is 5.28. The van der Waals surface area contributed by atoms with Crippen molar-refractivity contribution in [2.75, 3.05) is 18.1 Å². The molecule has 1 aromatic rings. The van der Waals surface area contributed by atoms with Crippen molar-refractivity contribution in [2.45, 2.75) is 12.6 Å². The summed E-state index contributed by atoms with van der Waals surface area (Å²) in [5, 5.41) is 9.09. The Morgan fingerprint density at radius 3 is 3.00 bits per heavy atom. The summed E-state index contributed by atoms with van der Waals surface area (Å²) in [6, 6.07) is 2.61. The highest BCUT2D eigenvalue weighted by atomic mass is 32.2. The van der Waals surface area contributed by atoms with Crippen LogP contribution in [0, 0.1) is 11.6 Å². The molecule has 0 spiro atoms. The first kappa shape index (κ1) is 13.3. The Bertz CT molecular complexity index is 456. The summed E-state index contributed by atoms with van der Waals surface area (Å²) in [4.78, 5) is 12.8. The summed E-state index contributed by atoms with van der Waals surface area (Å²) in [6.45, 7) is 0.693. The number of benzene rings is 1. The molecule has 1 atom stereocenters. The van der Waals surface area contributed by atoms with E-state index in [9.17, 15) is 13.6 Å². The van der Waals surface area contributed by atoms with Crippen LogP contribution in [0.1, 0.15) is 5.56 Å². The van der Waals surface area contributed by atoms with Gasteiger partial charge in [-0.3, -0.25) is 9.69 Å². The molecule has 3 nitrogen and oxygen atoms in total. The fraction of sp³-hybridized carbons (Fsp3) is 0.417. The van der Waals surface area contributed by atoms with Gasteiger partial charge in [0.05, 0.1) is 0 Å². The van der Waals surface area contributed by atoms with E-state index >= 15 is 0 Å². The van der Waals surface area contributed by atoms with Gasteiger partial charge < -0.3 is 5.11 Å². The van der Waals surface area contributed by atoms with Gasteiger partial charge in [0, 0.05) is 30.2 Å². The van der Waals surface area contributed by atoms with Gasteiger partial charge in [-0.1, -0.05) is 0 Å². The number of thioether (sulfide) groups is 1. The average molecular weight is 273 g/mol. The molecule has 0 saturated carbocycles. The van der Waals surface area contributed by atoms with Crippen LogP contribution in [0.5, 0.6) is 0 Å². The lowest BCUT2D eigenvalue weighted by atomic mass is 10.1. The zero-order valence-corrected chi connectivity index (χ0v) is 10.4. The molecule has 1 N–H and O–H groups in total. The quantitative estimate of drug-likeness (QED) is 0.914. The lowest BCUT2D eigenvalue weighted by molar-refractivity contribution is -0.142. The van der Waals surface area contributed by atoms with Crippen LogP contribution in [0.3, 0.4) is 0 Å². The van der Waals surface area contributed by atoms with E-state index in [-0.39, 0.29) is 12.1 Å². The van der Waals surface area contributed by atoms with Gasteiger partial charge in [0.25, 0.3) is 0 Å². The Morgan fingerprint density at radius 2 is 2.28 bits per heavy atom. The van der Waals surface area contributed by atoms with Crippen molar-refractivity contribution < 1.29 is 18.7 Å². The second kappa shape index (κ2) is 5.67. The van der Waals surface area contributed by atoms with Gasteiger partial charge in [-0.05, 0) is 18.2 Å². The Balaban J connectivity index is 2.15. The minimum atomic E-state index is -0.918. The molecule has 6 heteroatoms. The molecule has 1 unspecified atom stereocenters. The standard InChI is InChI=1S/C12H13F2NO2S/c13-9-1-2-10(14)8(5-9)6-15-3-4-18-7-11(15)12(16)17/h1-2,5,11H,3-4,6-7H2,(H,16,17). The normalized spacial score (nSPS) is 20.9. The number of hydrogen-bond acceptors (Lipinski definition) is 3. The Morgan fingerprint density at radius 1 is 1.50 bits per heavy atom. The molecule has 1 aliphatic heterocycles. The molecule has 18 heavy (non-hydrogen) atoms. The van der Waals surface area contributed by atoms with Crippen molar-refractivity contribution >= 4 is 17.7 Å². The first-order chi connectivity index (χ1) is 8.58. The zero-order chi connectivity index (χ0) is 13.1. The third kappa shape index (κ3) is 3.00. The summed E-state index contributed by atoms with van der Waals surface area (Å²) < 4.78 is 26.6. The van der Waals surface area contributed by atoms with Crippen molar-refractivity contribution in [1.82, 2.24) is 4.90 Å². The fourth-order valence-electron chi connectivity index (χ4n) is 1.94. The van der Waals surface area contributed by atoms with Crippen LogP contribution in [0.2, 0.25) is 0 Å². The highest BCUT2D eigenvalue weighted by molar-refractivity contribution is 7.99. The molecule has 1 heterocycles. The Labute approximate surface area is 108 Å². The first-order valence-corrected chi connectivity index (χ1v) is 6.72. The van der Waals surface area contributed by atoms with E-state index in [1.54, 1.807) is 16.7 Å². The van der Waals surface area contributed by atoms with Gasteiger partial charge in [-0.25, -0.2) is 8.78 Å². The smallest absolute Gasteiger partial charge is 0.321 e. The van der Waals surface area contributed by atoms with Crippen LogP contribution in [0.4, 0.5) is 8.78 Å². The number of rotatable bonds is 3. The molecule has 0 aliphatic carbocycles. The molecule has 1 saturated heterocycles. The number of aliphatic carboxylic acids is 1. The number of carbonyl (C=O) groups is 1. The number of carboxylic acids is 1. The van der Waals surface area contributed by atoms with Crippen LogP contribution in [0.15, 0.2) is 18.2 Å². The summed E-state index contributed by atoms with van der Waals surface area (Å²) >= 11 is 1.56.